The first-order chi connectivity index (χ1) is 15.0. The van der Waals surface area contributed by atoms with Crippen LogP contribution in [0.5, 0.6) is 0 Å². The van der Waals surface area contributed by atoms with E-state index >= 15 is 0 Å². The van der Waals surface area contributed by atoms with E-state index in [9.17, 15) is 9.59 Å². The lowest BCUT2D eigenvalue weighted by atomic mass is 9.70. The normalized spacial score (nSPS) is 25.0. The van der Waals surface area contributed by atoms with E-state index in [0.717, 1.165) is 6.42 Å². The summed E-state index contributed by atoms with van der Waals surface area (Å²) in [6, 6.07) is 0. The van der Waals surface area contributed by atoms with Crippen LogP contribution >= 0.6 is 0 Å². The zero-order valence-electron chi connectivity index (χ0n) is 21.9. The van der Waals surface area contributed by atoms with Crippen molar-refractivity contribution < 1.29 is 33.4 Å². The zero-order valence-corrected chi connectivity index (χ0v) is 23.9. The van der Waals surface area contributed by atoms with E-state index in [2.05, 4.69) is 66.7 Å². The molecule has 2 aliphatic rings. The van der Waals surface area contributed by atoms with Gasteiger partial charge in [-0.2, -0.15) is 0 Å². The van der Waals surface area contributed by atoms with Crippen LogP contribution in [0.2, 0.25) is 32.7 Å². The largest absolute Gasteiger partial charge is 0.463 e. The molecule has 2 rings (SSSR count). The van der Waals surface area contributed by atoms with Crippen LogP contribution < -0.4 is 0 Å². The molecule has 0 aromatic rings. The van der Waals surface area contributed by atoms with Crippen molar-refractivity contribution in [3.05, 3.63) is 25.3 Å². The maximum atomic E-state index is 11.3. The first kappa shape index (κ1) is 31.7. The van der Waals surface area contributed by atoms with E-state index in [1.54, 1.807) is 0 Å². The van der Waals surface area contributed by atoms with Crippen molar-refractivity contribution in [1.82, 2.24) is 0 Å². The number of hydrogen-bond acceptors (Lipinski definition) is 7. The maximum absolute atomic E-state index is 11.3. The highest BCUT2D eigenvalue weighted by atomic mass is 28.4. The molecule has 2 N–H and O–H groups in total. The number of rotatable bonds is 8. The van der Waals surface area contributed by atoms with Gasteiger partial charge in [0.15, 0.2) is 8.32 Å². The van der Waals surface area contributed by atoms with Gasteiger partial charge in [-0.15, -0.1) is 0 Å². The molecule has 0 radical (unpaired) electrons. The number of hydrogen-bond donors (Lipinski definition) is 2. The van der Waals surface area contributed by atoms with Crippen LogP contribution in [0.1, 0.15) is 40.0 Å². The molecule has 0 spiro atoms. The summed E-state index contributed by atoms with van der Waals surface area (Å²) in [4.78, 5) is 22.1. The summed E-state index contributed by atoms with van der Waals surface area (Å²) in [5.41, 5.74) is 0.468. The summed E-state index contributed by atoms with van der Waals surface area (Å²) in [5, 5.41) is 15.2. The lowest BCUT2D eigenvalue weighted by molar-refractivity contribution is -0.150. The fourth-order valence-corrected chi connectivity index (χ4v) is 12.0. The number of ether oxygens (including phenoxy) is 2. The lowest BCUT2D eigenvalue weighted by Crippen LogP contribution is -2.46. The molecule has 192 valence electrons. The van der Waals surface area contributed by atoms with Crippen molar-refractivity contribution >= 4 is 28.6 Å². The molecule has 0 heterocycles. The second-order valence-corrected chi connectivity index (χ2v) is 19.8. The minimum atomic E-state index is -1.85. The predicted molar refractivity (Wildman–Crippen MR) is 137 cm³/mol. The van der Waals surface area contributed by atoms with E-state index in [0.29, 0.717) is 17.6 Å². The highest BCUT2D eigenvalue weighted by molar-refractivity contribution is 6.84. The molecule has 0 aromatic carbocycles. The number of carbonyl (C=O) groups is 2. The van der Waals surface area contributed by atoms with Crippen molar-refractivity contribution in [2.45, 2.75) is 78.9 Å². The van der Waals surface area contributed by atoms with Gasteiger partial charge in [0.25, 0.3) is 0 Å². The topological polar surface area (TPSA) is 102 Å². The molecule has 2 fully saturated rings. The molecule has 7 nitrogen and oxygen atoms in total. The van der Waals surface area contributed by atoms with Crippen LogP contribution in [0.4, 0.5) is 0 Å². The van der Waals surface area contributed by atoms with Gasteiger partial charge in [-0.1, -0.05) is 33.9 Å². The van der Waals surface area contributed by atoms with Crippen molar-refractivity contribution in [3.63, 3.8) is 0 Å². The molecular formula is C24H46O7Si2. The summed E-state index contributed by atoms with van der Waals surface area (Å²) in [6.07, 6.45) is 6.44. The van der Waals surface area contributed by atoms with Gasteiger partial charge < -0.3 is 23.8 Å². The number of aliphatic hydroxyl groups excluding tert-OH is 2. The standard InChI is InChI=1S/C13H20O2.C9H20O3Si2.C2H6O2/c1-5-11(14)15-10-8-9-6-7-13(10,4)12(9,2)3;1-7-9(10)11-8-14(5,6)12-13(2,3)4;3-1-2-4/h5,9-10H,1,6-8H2,2-4H3;7H,1,8H2,2-6H3;3-4H,1-2H2. The third-order valence-corrected chi connectivity index (χ3v) is 12.0. The Bertz CT molecular complexity index is 668. The number of aliphatic hydroxyl groups is 2. The van der Waals surface area contributed by atoms with Crippen LogP contribution in [-0.2, 0) is 23.2 Å². The quantitative estimate of drug-likeness (QED) is 0.291. The smallest absolute Gasteiger partial charge is 0.330 e. The van der Waals surface area contributed by atoms with Gasteiger partial charge in [0.2, 0.25) is 8.32 Å². The van der Waals surface area contributed by atoms with Crippen molar-refractivity contribution in [1.29, 1.82) is 0 Å². The Labute approximate surface area is 202 Å². The summed E-state index contributed by atoms with van der Waals surface area (Å²) in [5.74, 6) is 0.0689. The Morgan fingerprint density at radius 1 is 1.00 bits per heavy atom. The molecule has 0 aromatic heterocycles. The molecule has 0 saturated heterocycles. The minimum Gasteiger partial charge on any atom is -0.463 e. The van der Waals surface area contributed by atoms with E-state index < -0.39 is 16.6 Å². The number of fused-ring (bicyclic) bond motifs is 2. The zero-order chi connectivity index (χ0) is 26.1. The van der Waals surface area contributed by atoms with E-state index in [1.807, 2.05) is 0 Å². The van der Waals surface area contributed by atoms with Gasteiger partial charge in [0.05, 0.1) is 13.2 Å². The van der Waals surface area contributed by atoms with Gasteiger partial charge in [-0.25, -0.2) is 9.59 Å². The fourth-order valence-electron chi connectivity index (χ4n) is 4.66. The van der Waals surface area contributed by atoms with Crippen LogP contribution in [0.25, 0.3) is 0 Å². The Hall–Kier alpha value is -1.27. The molecule has 33 heavy (non-hydrogen) atoms. The maximum Gasteiger partial charge on any atom is 0.330 e. The molecule has 9 heteroatoms. The minimum absolute atomic E-state index is 0.0942. The van der Waals surface area contributed by atoms with Gasteiger partial charge in [-0.05, 0) is 63.3 Å². The van der Waals surface area contributed by atoms with Crippen molar-refractivity contribution in [3.8, 4) is 0 Å². The molecule has 3 unspecified atom stereocenters. The SMILES string of the molecule is C=CC(=O)OC1CC2CCC1(C)C2(C)C.C=CC(=O)OC[Si](C)(C)O[Si](C)(C)C.OCCO. The molecule has 2 saturated carbocycles. The van der Waals surface area contributed by atoms with E-state index in [4.69, 9.17) is 23.8 Å². The summed E-state index contributed by atoms with van der Waals surface area (Å²) in [7, 11) is -3.38. The summed E-state index contributed by atoms with van der Waals surface area (Å²) in [6.45, 7) is 24.0. The number of esters is 2. The average Bonchev–Trinajstić information content (AvgIpc) is 3.04. The monoisotopic (exact) mass is 502 g/mol. The van der Waals surface area contributed by atoms with Gasteiger partial charge in [0, 0.05) is 17.6 Å². The summed E-state index contributed by atoms with van der Waals surface area (Å²) < 4.78 is 16.5. The molecule has 2 aliphatic carbocycles. The Morgan fingerprint density at radius 3 is 1.85 bits per heavy atom. The van der Waals surface area contributed by atoms with Crippen LogP contribution in [-0.4, -0.2) is 64.3 Å². The number of carbonyl (C=O) groups excluding carboxylic acids is 2. The third-order valence-electron chi connectivity index (χ3n) is 6.55. The Morgan fingerprint density at radius 2 is 1.52 bits per heavy atom. The van der Waals surface area contributed by atoms with Crippen molar-refractivity contribution in [2.75, 3.05) is 19.4 Å². The predicted octanol–water partition coefficient (Wildman–Crippen LogP) is 4.21. The van der Waals surface area contributed by atoms with Gasteiger partial charge >= 0.3 is 11.9 Å². The second kappa shape index (κ2) is 13.0. The molecular weight excluding hydrogens is 456 g/mol. The third kappa shape index (κ3) is 9.86. The highest BCUT2D eigenvalue weighted by Gasteiger charge is 2.62. The van der Waals surface area contributed by atoms with Crippen LogP contribution in [0.15, 0.2) is 25.3 Å². The molecule has 3 atom stereocenters. The van der Waals surface area contributed by atoms with Crippen LogP contribution in [0, 0.1) is 16.7 Å². The van der Waals surface area contributed by atoms with Gasteiger partial charge in [0.1, 0.15) is 12.3 Å². The van der Waals surface area contributed by atoms with E-state index in [-0.39, 0.29) is 36.7 Å². The van der Waals surface area contributed by atoms with E-state index in [1.165, 1.54) is 25.0 Å². The Balaban J connectivity index is 0.000000536. The highest BCUT2D eigenvalue weighted by Crippen LogP contribution is 2.66. The van der Waals surface area contributed by atoms with Crippen LogP contribution in [0.3, 0.4) is 0 Å². The fraction of sp³-hybridized carbons (Fsp3) is 0.750. The Kier molecular flexibility index (Phi) is 12.5. The lowest BCUT2D eigenvalue weighted by Gasteiger charge is -2.38. The average molecular weight is 503 g/mol. The summed E-state index contributed by atoms with van der Waals surface area (Å²) >= 11 is 0. The van der Waals surface area contributed by atoms with Crippen molar-refractivity contribution in [2.24, 2.45) is 16.7 Å². The second-order valence-electron chi connectivity index (χ2n) is 11.0. The first-order valence-corrected chi connectivity index (χ1v) is 18.1. The van der Waals surface area contributed by atoms with Gasteiger partial charge in [-0.3, -0.25) is 0 Å². The first-order valence-electron chi connectivity index (χ1n) is 11.5. The molecule has 0 aliphatic heterocycles. The molecule has 0 amide bonds. The molecule has 2 bridgehead atoms.